The van der Waals surface area contributed by atoms with Crippen LogP contribution in [0.3, 0.4) is 0 Å². The van der Waals surface area contributed by atoms with E-state index in [9.17, 15) is 9.59 Å². The summed E-state index contributed by atoms with van der Waals surface area (Å²) in [6.45, 7) is 3.96. The van der Waals surface area contributed by atoms with Gasteiger partial charge in [-0.3, -0.25) is 4.79 Å². The normalized spacial score (nSPS) is 9.96. The largest absolute Gasteiger partial charge is 0.493 e. The maximum Gasteiger partial charge on any atom is 0.331 e. The Labute approximate surface area is 165 Å². The first kappa shape index (κ1) is 21.0. The van der Waals surface area contributed by atoms with Crippen molar-refractivity contribution in [2.45, 2.75) is 27.0 Å². The molecule has 0 spiro atoms. The zero-order valence-corrected chi connectivity index (χ0v) is 16.4. The summed E-state index contributed by atoms with van der Waals surface area (Å²) >= 11 is 0. The molecule has 28 heavy (non-hydrogen) atoms. The molecule has 0 saturated carbocycles. The molecule has 2 aromatic carbocycles. The summed E-state index contributed by atoms with van der Waals surface area (Å²) in [6.07, 6.45) is 1.34. The molecule has 0 saturated heterocycles. The van der Waals surface area contributed by atoms with E-state index < -0.39 is 5.97 Å². The Balaban J connectivity index is 1.86. The van der Waals surface area contributed by atoms with Gasteiger partial charge in [0.05, 0.1) is 7.11 Å². The monoisotopic (exact) mass is 383 g/mol. The number of carbonyl (C=O) groups excluding carboxylic acids is 2. The zero-order chi connectivity index (χ0) is 20.4. The number of allylic oxidation sites excluding steroid dienone is 1. The molecule has 0 fully saturated rings. The van der Waals surface area contributed by atoms with Gasteiger partial charge < -0.3 is 19.5 Å². The van der Waals surface area contributed by atoms with Gasteiger partial charge in [-0.2, -0.15) is 0 Å². The van der Waals surface area contributed by atoms with E-state index in [4.69, 9.17) is 14.2 Å². The number of amides is 1. The lowest BCUT2D eigenvalue weighted by molar-refractivity contribution is -0.143. The van der Waals surface area contributed by atoms with E-state index in [1.165, 1.54) is 6.08 Å². The highest BCUT2D eigenvalue weighted by Gasteiger charge is 2.09. The molecule has 0 radical (unpaired) electrons. The second kappa shape index (κ2) is 10.8. The van der Waals surface area contributed by atoms with Gasteiger partial charge in [0, 0.05) is 12.6 Å². The summed E-state index contributed by atoms with van der Waals surface area (Å²) in [5.74, 6) is 0.297. The summed E-state index contributed by atoms with van der Waals surface area (Å²) < 4.78 is 16.1. The van der Waals surface area contributed by atoms with Gasteiger partial charge in [0.25, 0.3) is 5.91 Å². The summed E-state index contributed by atoms with van der Waals surface area (Å²) in [5, 5.41) is 2.70. The van der Waals surface area contributed by atoms with Crippen LogP contribution in [0.2, 0.25) is 0 Å². The van der Waals surface area contributed by atoms with Crippen LogP contribution in [-0.2, 0) is 27.5 Å². The van der Waals surface area contributed by atoms with Crippen molar-refractivity contribution in [2.24, 2.45) is 0 Å². The Morgan fingerprint density at radius 2 is 1.75 bits per heavy atom. The van der Waals surface area contributed by atoms with Gasteiger partial charge in [0.2, 0.25) is 0 Å². The molecule has 0 aliphatic rings. The second-order valence-electron chi connectivity index (χ2n) is 6.37. The van der Waals surface area contributed by atoms with E-state index in [2.05, 4.69) is 5.32 Å². The number of hydrogen-bond donors (Lipinski definition) is 1. The lowest BCUT2D eigenvalue weighted by Crippen LogP contribution is -2.28. The fraction of sp³-hybridized carbons (Fsp3) is 0.273. The number of nitrogens with one attached hydrogen (secondary N) is 1. The van der Waals surface area contributed by atoms with Crippen LogP contribution in [0.5, 0.6) is 11.5 Å². The highest BCUT2D eigenvalue weighted by Crippen LogP contribution is 2.28. The van der Waals surface area contributed by atoms with E-state index in [1.807, 2.05) is 36.4 Å². The average molecular weight is 383 g/mol. The van der Waals surface area contributed by atoms with E-state index >= 15 is 0 Å². The Hall–Kier alpha value is -3.28. The van der Waals surface area contributed by atoms with E-state index in [-0.39, 0.29) is 19.1 Å². The Morgan fingerprint density at radius 1 is 1.00 bits per heavy atom. The van der Waals surface area contributed by atoms with E-state index in [0.29, 0.717) is 18.1 Å². The van der Waals surface area contributed by atoms with Crippen molar-refractivity contribution in [1.82, 2.24) is 5.32 Å². The zero-order valence-electron chi connectivity index (χ0n) is 16.4. The minimum atomic E-state index is -0.531. The molecular weight excluding hydrogens is 358 g/mol. The second-order valence-corrected chi connectivity index (χ2v) is 6.37. The number of benzene rings is 2. The number of carbonyl (C=O) groups is 2. The molecule has 0 aromatic heterocycles. The van der Waals surface area contributed by atoms with Crippen LogP contribution in [0.15, 0.2) is 60.2 Å². The van der Waals surface area contributed by atoms with Crippen LogP contribution in [0.1, 0.15) is 25.0 Å². The van der Waals surface area contributed by atoms with E-state index in [1.54, 1.807) is 33.1 Å². The number of rotatable bonds is 9. The van der Waals surface area contributed by atoms with Gasteiger partial charge in [-0.1, -0.05) is 42.0 Å². The Kier molecular flexibility index (Phi) is 8.09. The number of ether oxygens (including phenoxy) is 3. The van der Waals surface area contributed by atoms with Crippen molar-refractivity contribution in [3.05, 3.63) is 71.3 Å². The Bertz CT molecular complexity index is 826. The van der Waals surface area contributed by atoms with Crippen LogP contribution < -0.4 is 14.8 Å². The molecule has 0 bridgehead atoms. The smallest absolute Gasteiger partial charge is 0.331 e. The van der Waals surface area contributed by atoms with Crippen LogP contribution in [0.4, 0.5) is 0 Å². The van der Waals surface area contributed by atoms with Crippen molar-refractivity contribution in [2.75, 3.05) is 13.7 Å². The first-order valence-electron chi connectivity index (χ1n) is 8.90. The molecule has 2 aromatic rings. The topological polar surface area (TPSA) is 73.9 Å². The van der Waals surface area contributed by atoms with Crippen LogP contribution >= 0.6 is 0 Å². The van der Waals surface area contributed by atoms with Crippen molar-refractivity contribution >= 4 is 11.9 Å². The molecule has 6 nitrogen and oxygen atoms in total. The summed E-state index contributed by atoms with van der Waals surface area (Å²) in [7, 11) is 1.57. The molecule has 0 heterocycles. The SMILES string of the molecule is COc1cc(CNC(=O)COC(=O)C=C(C)C)ccc1OCc1ccccc1. The minimum absolute atomic E-state index is 0.286. The van der Waals surface area contributed by atoms with Gasteiger partial charge in [-0.15, -0.1) is 0 Å². The molecule has 2 rings (SSSR count). The molecule has 0 aliphatic heterocycles. The molecule has 0 aliphatic carbocycles. The highest BCUT2D eigenvalue weighted by molar-refractivity contribution is 5.86. The fourth-order valence-electron chi connectivity index (χ4n) is 2.34. The van der Waals surface area contributed by atoms with Gasteiger partial charge in [0.1, 0.15) is 6.61 Å². The summed E-state index contributed by atoms with van der Waals surface area (Å²) in [4.78, 5) is 23.2. The average Bonchev–Trinajstić information content (AvgIpc) is 2.69. The van der Waals surface area contributed by atoms with Crippen molar-refractivity contribution < 1.29 is 23.8 Å². The van der Waals surface area contributed by atoms with Crippen LogP contribution in [-0.4, -0.2) is 25.6 Å². The standard InChI is InChI=1S/C22H25NO5/c1-16(2)11-22(25)28-15-21(24)23-13-18-9-10-19(20(12-18)26-3)27-14-17-7-5-4-6-8-17/h4-12H,13-15H2,1-3H3,(H,23,24). The summed E-state index contributed by atoms with van der Waals surface area (Å²) in [6, 6.07) is 15.3. The predicted octanol–water partition coefficient (Wildman–Crippen LogP) is 3.40. The van der Waals surface area contributed by atoms with Crippen molar-refractivity contribution in [3.8, 4) is 11.5 Å². The van der Waals surface area contributed by atoms with Crippen LogP contribution in [0.25, 0.3) is 0 Å². The lowest BCUT2D eigenvalue weighted by Gasteiger charge is -2.13. The van der Waals surface area contributed by atoms with Crippen molar-refractivity contribution in [3.63, 3.8) is 0 Å². The van der Waals surface area contributed by atoms with Gasteiger partial charge in [0.15, 0.2) is 18.1 Å². The molecule has 1 amide bonds. The lowest BCUT2D eigenvalue weighted by atomic mass is 10.2. The molecule has 0 unspecified atom stereocenters. The first-order valence-corrected chi connectivity index (χ1v) is 8.90. The molecule has 0 atom stereocenters. The summed E-state index contributed by atoms with van der Waals surface area (Å²) in [5.41, 5.74) is 2.71. The number of hydrogen-bond acceptors (Lipinski definition) is 5. The van der Waals surface area contributed by atoms with E-state index in [0.717, 1.165) is 16.7 Å². The fourth-order valence-corrected chi connectivity index (χ4v) is 2.34. The molecule has 148 valence electrons. The van der Waals surface area contributed by atoms with Gasteiger partial charge >= 0.3 is 5.97 Å². The number of esters is 1. The van der Waals surface area contributed by atoms with Gasteiger partial charge in [-0.05, 0) is 37.1 Å². The van der Waals surface area contributed by atoms with Crippen LogP contribution in [0, 0.1) is 0 Å². The maximum atomic E-state index is 11.8. The third kappa shape index (κ3) is 7.15. The molecular formula is C22H25NO5. The third-order valence-electron chi connectivity index (χ3n) is 3.71. The predicted molar refractivity (Wildman–Crippen MR) is 106 cm³/mol. The minimum Gasteiger partial charge on any atom is -0.493 e. The number of methoxy groups -OCH3 is 1. The molecule has 6 heteroatoms. The quantitative estimate of drug-likeness (QED) is 0.531. The Morgan fingerprint density at radius 3 is 2.43 bits per heavy atom. The molecule has 1 N–H and O–H groups in total. The first-order chi connectivity index (χ1) is 13.5. The maximum absolute atomic E-state index is 11.8. The van der Waals surface area contributed by atoms with Crippen molar-refractivity contribution in [1.29, 1.82) is 0 Å². The highest BCUT2D eigenvalue weighted by atomic mass is 16.5. The van der Waals surface area contributed by atoms with Gasteiger partial charge in [-0.25, -0.2) is 4.79 Å². The third-order valence-corrected chi connectivity index (χ3v) is 3.71.